The van der Waals surface area contributed by atoms with Gasteiger partial charge in [-0.05, 0) is 33.5 Å². The highest BCUT2D eigenvalue weighted by atomic mass is 32.1. The minimum absolute atomic E-state index is 0.0893. The molecule has 0 saturated carbocycles. The Kier molecular flexibility index (Phi) is 3.75. The van der Waals surface area contributed by atoms with E-state index < -0.39 is 0 Å². The molecule has 1 aromatic carbocycles. The lowest BCUT2D eigenvalue weighted by atomic mass is 10.1. The number of rotatable bonds is 5. The largest absolute Gasteiger partial charge is 0.369 e. The van der Waals surface area contributed by atoms with Gasteiger partial charge in [0.15, 0.2) is 5.82 Å². The summed E-state index contributed by atoms with van der Waals surface area (Å²) in [6, 6.07) is 13.5. The molecule has 0 fully saturated rings. The Hall–Kier alpha value is -3.07. The molecule has 0 atom stereocenters. The van der Waals surface area contributed by atoms with Gasteiger partial charge >= 0.3 is 5.69 Å². The number of thiophene rings is 1. The Morgan fingerprint density at radius 2 is 1.96 bits per heavy atom. The molecule has 0 bridgehead atoms. The first-order chi connectivity index (χ1) is 11.8. The fourth-order valence-corrected chi connectivity index (χ4v) is 2.90. The summed E-state index contributed by atoms with van der Waals surface area (Å²) in [6.07, 6.45) is 0.571. The third-order valence-electron chi connectivity index (χ3n) is 3.35. The average molecular weight is 340 g/mol. The molecular formula is C15H12N6O2S. The van der Waals surface area contributed by atoms with Gasteiger partial charge in [-0.3, -0.25) is 0 Å². The van der Waals surface area contributed by atoms with Gasteiger partial charge in [0.25, 0.3) is 0 Å². The van der Waals surface area contributed by atoms with Crippen LogP contribution in [0.1, 0.15) is 17.3 Å². The molecule has 9 heteroatoms. The lowest BCUT2D eigenvalue weighted by molar-refractivity contribution is 0.359. The Bertz CT molecular complexity index is 987. The number of nitrogens with zero attached hydrogens (tertiary/aromatic N) is 6. The van der Waals surface area contributed by atoms with E-state index in [2.05, 4.69) is 20.6 Å². The standard InChI is InChI=1S/C15H12N6O2S/c22-15-20(18-19-21(15)14-7-4-8-24-14)10-13-16-12(17-23-13)9-11-5-2-1-3-6-11/h1-8H,9-10H2. The first kappa shape index (κ1) is 14.5. The van der Waals surface area contributed by atoms with Gasteiger partial charge in [-0.25, -0.2) is 4.79 Å². The SMILES string of the molecule is O=c1n(Cc2nc(Cc3ccccc3)no2)nnn1-c1cccs1. The van der Waals surface area contributed by atoms with Crippen LogP contribution in [0.4, 0.5) is 0 Å². The van der Waals surface area contributed by atoms with Crippen molar-refractivity contribution in [3.05, 3.63) is 75.6 Å². The van der Waals surface area contributed by atoms with Crippen molar-refractivity contribution in [3.8, 4) is 5.00 Å². The molecule has 0 aliphatic carbocycles. The topological polar surface area (TPSA) is 91.6 Å². The van der Waals surface area contributed by atoms with E-state index in [1.807, 2.05) is 41.8 Å². The first-order valence-electron chi connectivity index (χ1n) is 7.22. The van der Waals surface area contributed by atoms with Crippen molar-refractivity contribution in [2.75, 3.05) is 0 Å². The minimum atomic E-state index is -0.347. The number of hydrogen-bond acceptors (Lipinski definition) is 7. The summed E-state index contributed by atoms with van der Waals surface area (Å²) in [5.41, 5.74) is 0.742. The van der Waals surface area contributed by atoms with E-state index in [1.165, 1.54) is 20.7 Å². The molecule has 0 aliphatic rings. The summed E-state index contributed by atoms with van der Waals surface area (Å²) >= 11 is 1.41. The molecule has 0 aliphatic heterocycles. The fraction of sp³-hybridized carbons (Fsp3) is 0.133. The lowest BCUT2D eigenvalue weighted by Gasteiger charge is -1.94. The van der Waals surface area contributed by atoms with E-state index in [4.69, 9.17) is 4.52 Å². The van der Waals surface area contributed by atoms with Crippen molar-refractivity contribution >= 4 is 11.3 Å². The predicted octanol–water partition coefficient (Wildman–Crippen LogP) is 1.51. The smallest absolute Gasteiger partial charge is 0.337 e. The number of benzene rings is 1. The summed E-state index contributed by atoms with van der Waals surface area (Å²) in [6.45, 7) is 0.0893. The molecule has 24 heavy (non-hydrogen) atoms. The summed E-state index contributed by atoms with van der Waals surface area (Å²) in [5.74, 6) is 0.885. The van der Waals surface area contributed by atoms with E-state index >= 15 is 0 Å². The third-order valence-corrected chi connectivity index (χ3v) is 4.20. The quantitative estimate of drug-likeness (QED) is 0.547. The van der Waals surface area contributed by atoms with Crippen LogP contribution in [0.25, 0.3) is 5.00 Å². The highest BCUT2D eigenvalue weighted by molar-refractivity contribution is 7.12. The van der Waals surface area contributed by atoms with Crippen LogP contribution < -0.4 is 5.69 Å². The summed E-state index contributed by atoms with van der Waals surface area (Å²) < 4.78 is 7.64. The van der Waals surface area contributed by atoms with Crippen LogP contribution in [0, 0.1) is 0 Å². The third kappa shape index (κ3) is 2.88. The number of aromatic nitrogens is 6. The average Bonchev–Trinajstić information content (AvgIpc) is 3.32. The first-order valence-corrected chi connectivity index (χ1v) is 8.09. The molecule has 0 N–H and O–H groups in total. The maximum Gasteiger partial charge on any atom is 0.369 e. The minimum Gasteiger partial charge on any atom is -0.337 e. The van der Waals surface area contributed by atoms with Crippen LogP contribution in [0.3, 0.4) is 0 Å². The second kappa shape index (κ2) is 6.20. The van der Waals surface area contributed by atoms with E-state index in [0.717, 1.165) is 5.56 Å². The van der Waals surface area contributed by atoms with Gasteiger partial charge in [0.2, 0.25) is 5.89 Å². The van der Waals surface area contributed by atoms with Gasteiger partial charge in [0.05, 0.1) is 0 Å². The molecule has 4 aromatic rings. The molecule has 120 valence electrons. The van der Waals surface area contributed by atoms with Gasteiger partial charge < -0.3 is 4.52 Å². The number of tetrazole rings is 1. The number of hydrogen-bond donors (Lipinski definition) is 0. The van der Waals surface area contributed by atoms with E-state index in [0.29, 0.717) is 23.1 Å². The Morgan fingerprint density at radius 1 is 1.08 bits per heavy atom. The van der Waals surface area contributed by atoms with E-state index in [1.54, 1.807) is 6.07 Å². The second-order valence-corrected chi connectivity index (χ2v) is 5.98. The monoisotopic (exact) mass is 340 g/mol. The maximum absolute atomic E-state index is 12.3. The van der Waals surface area contributed by atoms with Crippen molar-refractivity contribution in [1.29, 1.82) is 0 Å². The molecule has 4 rings (SSSR count). The van der Waals surface area contributed by atoms with Gasteiger partial charge in [-0.15, -0.1) is 11.3 Å². The predicted molar refractivity (Wildman–Crippen MR) is 86.1 cm³/mol. The van der Waals surface area contributed by atoms with Crippen LogP contribution >= 0.6 is 11.3 Å². The summed E-state index contributed by atoms with van der Waals surface area (Å²) in [4.78, 5) is 16.6. The van der Waals surface area contributed by atoms with Gasteiger partial charge in [-0.2, -0.15) is 14.3 Å². The molecular weight excluding hydrogens is 328 g/mol. The van der Waals surface area contributed by atoms with Crippen LogP contribution in [-0.4, -0.2) is 29.9 Å². The maximum atomic E-state index is 12.3. The molecule has 0 unspecified atom stereocenters. The van der Waals surface area contributed by atoms with Crippen LogP contribution in [0.15, 0.2) is 57.2 Å². The molecule has 0 saturated heterocycles. The Labute approximate surface area is 140 Å². The van der Waals surface area contributed by atoms with Crippen molar-refractivity contribution in [2.24, 2.45) is 0 Å². The van der Waals surface area contributed by atoms with Crippen LogP contribution in [0.2, 0.25) is 0 Å². The lowest BCUT2D eigenvalue weighted by Crippen LogP contribution is -2.24. The summed E-state index contributed by atoms with van der Waals surface area (Å²) in [7, 11) is 0. The van der Waals surface area contributed by atoms with E-state index in [9.17, 15) is 4.79 Å². The molecule has 3 aromatic heterocycles. The molecule has 0 amide bonds. The Balaban J connectivity index is 1.52. The molecule has 0 radical (unpaired) electrons. The Morgan fingerprint density at radius 3 is 2.75 bits per heavy atom. The molecule has 8 nitrogen and oxygen atoms in total. The van der Waals surface area contributed by atoms with Crippen LogP contribution in [-0.2, 0) is 13.0 Å². The highest BCUT2D eigenvalue weighted by Crippen LogP contribution is 2.11. The second-order valence-electron chi connectivity index (χ2n) is 5.05. The van der Waals surface area contributed by atoms with E-state index in [-0.39, 0.29) is 12.2 Å². The zero-order valence-electron chi connectivity index (χ0n) is 12.4. The molecule has 0 spiro atoms. The van der Waals surface area contributed by atoms with Gasteiger partial charge in [-0.1, -0.05) is 35.5 Å². The normalized spacial score (nSPS) is 11.0. The van der Waals surface area contributed by atoms with Crippen molar-refractivity contribution in [2.45, 2.75) is 13.0 Å². The van der Waals surface area contributed by atoms with Crippen molar-refractivity contribution in [1.82, 2.24) is 29.9 Å². The van der Waals surface area contributed by atoms with Crippen molar-refractivity contribution in [3.63, 3.8) is 0 Å². The summed E-state index contributed by atoms with van der Waals surface area (Å²) in [5, 5.41) is 14.2. The zero-order chi connectivity index (χ0) is 16.4. The fourth-order valence-electron chi connectivity index (χ4n) is 2.23. The van der Waals surface area contributed by atoms with Crippen molar-refractivity contribution < 1.29 is 4.52 Å². The zero-order valence-corrected chi connectivity index (χ0v) is 13.3. The molecule has 3 heterocycles. The van der Waals surface area contributed by atoms with Crippen LogP contribution in [0.5, 0.6) is 0 Å². The van der Waals surface area contributed by atoms with Gasteiger partial charge in [0.1, 0.15) is 11.5 Å². The highest BCUT2D eigenvalue weighted by Gasteiger charge is 2.13. The van der Waals surface area contributed by atoms with Gasteiger partial charge in [0, 0.05) is 6.42 Å².